The zero-order chi connectivity index (χ0) is 18.1. The molecule has 0 aliphatic carbocycles. The Hall–Kier alpha value is -1.66. The van der Waals surface area contributed by atoms with Crippen molar-refractivity contribution in [2.24, 2.45) is 0 Å². The monoisotopic (exact) mass is 337 g/mol. The SMILES string of the molecule is CNc1ccc(CN2CC[N+](C(=O)[O-])(C(C)(C)C)[C@@H](C)C2)cc1F. The van der Waals surface area contributed by atoms with Gasteiger partial charge < -0.3 is 15.2 Å². The number of quaternary nitrogens is 1. The highest BCUT2D eigenvalue weighted by atomic mass is 19.1. The number of hydrogen-bond acceptors (Lipinski definition) is 4. The minimum Gasteiger partial charge on any atom is -0.498 e. The molecule has 134 valence electrons. The van der Waals surface area contributed by atoms with E-state index in [0.717, 1.165) is 5.56 Å². The fourth-order valence-electron chi connectivity index (χ4n) is 3.93. The van der Waals surface area contributed by atoms with Gasteiger partial charge in [-0.15, -0.1) is 0 Å². The van der Waals surface area contributed by atoms with E-state index in [1.54, 1.807) is 13.1 Å². The van der Waals surface area contributed by atoms with Gasteiger partial charge in [-0.1, -0.05) is 6.07 Å². The van der Waals surface area contributed by atoms with Crippen LogP contribution in [0.3, 0.4) is 0 Å². The van der Waals surface area contributed by atoms with Crippen molar-refractivity contribution in [1.29, 1.82) is 0 Å². The molecule has 6 heteroatoms. The van der Waals surface area contributed by atoms with Crippen LogP contribution in [-0.2, 0) is 6.54 Å². The van der Waals surface area contributed by atoms with Crippen LogP contribution >= 0.6 is 0 Å². The number of rotatable bonds is 3. The number of hydrogen-bond donors (Lipinski definition) is 1. The second kappa shape index (κ2) is 6.69. The Balaban J connectivity index is 2.13. The van der Waals surface area contributed by atoms with Gasteiger partial charge in [0.2, 0.25) is 0 Å². The predicted molar refractivity (Wildman–Crippen MR) is 91.0 cm³/mol. The van der Waals surface area contributed by atoms with Gasteiger partial charge in [-0.2, -0.15) is 0 Å². The summed E-state index contributed by atoms with van der Waals surface area (Å²) in [6.45, 7) is 10.2. The Morgan fingerprint density at radius 1 is 1.46 bits per heavy atom. The third kappa shape index (κ3) is 3.26. The minimum absolute atomic E-state index is 0.0451. The van der Waals surface area contributed by atoms with E-state index in [2.05, 4.69) is 10.2 Å². The molecule has 2 atom stereocenters. The molecule has 1 aromatic rings. The molecule has 0 saturated carbocycles. The van der Waals surface area contributed by atoms with Crippen LogP contribution in [0.15, 0.2) is 18.2 Å². The van der Waals surface area contributed by atoms with Crippen molar-refractivity contribution >= 4 is 11.8 Å². The molecule has 1 amide bonds. The van der Waals surface area contributed by atoms with Crippen molar-refractivity contribution in [2.75, 3.05) is 32.0 Å². The number of carbonyl (C=O) groups is 1. The molecule has 0 radical (unpaired) electrons. The molecule has 0 aromatic heterocycles. The van der Waals surface area contributed by atoms with Crippen molar-refractivity contribution in [3.8, 4) is 0 Å². The van der Waals surface area contributed by atoms with Crippen molar-refractivity contribution in [3.63, 3.8) is 0 Å². The highest BCUT2D eigenvalue weighted by molar-refractivity contribution is 5.55. The van der Waals surface area contributed by atoms with Crippen LogP contribution in [0.5, 0.6) is 0 Å². The molecule has 0 bridgehead atoms. The summed E-state index contributed by atoms with van der Waals surface area (Å²) in [6, 6.07) is 5.08. The average molecular weight is 337 g/mol. The normalized spacial score (nSPS) is 25.5. The Morgan fingerprint density at radius 3 is 2.58 bits per heavy atom. The molecular weight excluding hydrogens is 309 g/mol. The van der Waals surface area contributed by atoms with Gasteiger partial charge >= 0.3 is 0 Å². The van der Waals surface area contributed by atoms with E-state index >= 15 is 0 Å². The molecule has 1 aliphatic rings. The lowest BCUT2D eigenvalue weighted by atomic mass is 9.95. The van der Waals surface area contributed by atoms with Gasteiger partial charge in [-0.3, -0.25) is 9.38 Å². The maximum absolute atomic E-state index is 13.9. The highest BCUT2D eigenvalue weighted by Crippen LogP contribution is 2.32. The maximum atomic E-state index is 13.9. The van der Waals surface area contributed by atoms with E-state index in [1.807, 2.05) is 33.8 Å². The third-order valence-corrected chi connectivity index (χ3v) is 5.28. The first-order valence-corrected chi connectivity index (χ1v) is 8.39. The number of carboxylic acid groups (broad SMARTS) is 1. The summed E-state index contributed by atoms with van der Waals surface area (Å²) in [7, 11) is 1.69. The number of piperazine rings is 1. The molecular formula is C18H28FN3O2. The van der Waals surface area contributed by atoms with Crippen molar-refractivity contribution < 1.29 is 18.8 Å². The summed E-state index contributed by atoms with van der Waals surface area (Å²) in [5, 5.41) is 14.7. The number of benzene rings is 1. The number of anilines is 1. The lowest BCUT2D eigenvalue weighted by molar-refractivity contribution is -0.943. The van der Waals surface area contributed by atoms with Gasteiger partial charge in [0, 0.05) is 20.1 Å². The summed E-state index contributed by atoms with van der Waals surface area (Å²) in [5.41, 5.74) is 0.944. The Morgan fingerprint density at radius 2 is 2.12 bits per heavy atom. The van der Waals surface area contributed by atoms with Crippen molar-refractivity contribution in [2.45, 2.75) is 45.8 Å². The maximum Gasteiger partial charge on any atom is 0.258 e. The zero-order valence-electron chi connectivity index (χ0n) is 15.2. The van der Waals surface area contributed by atoms with Crippen molar-refractivity contribution in [3.05, 3.63) is 29.6 Å². The summed E-state index contributed by atoms with van der Waals surface area (Å²) >= 11 is 0. The van der Waals surface area contributed by atoms with Crippen LogP contribution in [0, 0.1) is 5.82 Å². The van der Waals surface area contributed by atoms with E-state index in [4.69, 9.17) is 0 Å². The number of amides is 1. The fourth-order valence-corrected chi connectivity index (χ4v) is 3.93. The van der Waals surface area contributed by atoms with E-state index < -0.39 is 11.6 Å². The molecule has 5 nitrogen and oxygen atoms in total. The second-order valence-electron chi connectivity index (χ2n) is 7.68. The number of carbonyl (C=O) groups excluding carboxylic acids is 1. The van der Waals surface area contributed by atoms with Crippen LogP contribution in [0.4, 0.5) is 14.9 Å². The average Bonchev–Trinajstić information content (AvgIpc) is 2.46. The molecule has 1 saturated heterocycles. The first-order chi connectivity index (χ1) is 11.1. The summed E-state index contributed by atoms with van der Waals surface area (Å²) < 4.78 is 13.9. The van der Waals surface area contributed by atoms with Gasteiger partial charge in [0.15, 0.2) is 0 Å². The first-order valence-electron chi connectivity index (χ1n) is 8.39. The standard InChI is InChI=1S/C18H28FN3O2/c1-13-11-21(8-9-22(13,17(23)24)18(2,3)4)12-14-6-7-16(20-5)15(19)10-14/h6-7,10,13,20H,8-9,11-12H2,1-5H3/t13-,22?/m0/s1. The second-order valence-corrected chi connectivity index (χ2v) is 7.68. The first kappa shape index (κ1) is 18.7. The van der Waals surface area contributed by atoms with E-state index in [9.17, 15) is 14.3 Å². The summed E-state index contributed by atoms with van der Waals surface area (Å²) in [6.07, 6.45) is -1.01. The lowest BCUT2D eigenvalue weighted by Gasteiger charge is -2.55. The Kier molecular flexibility index (Phi) is 5.20. The van der Waals surface area contributed by atoms with Crippen LogP contribution < -0.4 is 10.4 Å². The molecule has 1 aliphatic heterocycles. The molecule has 0 spiro atoms. The predicted octanol–water partition coefficient (Wildman–Crippen LogP) is 2.03. The molecule has 1 fully saturated rings. The third-order valence-electron chi connectivity index (χ3n) is 5.28. The van der Waals surface area contributed by atoms with Gasteiger partial charge in [-0.25, -0.2) is 4.39 Å². The van der Waals surface area contributed by atoms with Gasteiger partial charge in [0.25, 0.3) is 6.09 Å². The highest BCUT2D eigenvalue weighted by Gasteiger charge is 2.49. The van der Waals surface area contributed by atoms with E-state index in [1.165, 1.54) is 6.07 Å². The van der Waals surface area contributed by atoms with Crippen LogP contribution in [0.2, 0.25) is 0 Å². The quantitative estimate of drug-likeness (QED) is 0.858. The largest absolute Gasteiger partial charge is 0.498 e. The zero-order valence-corrected chi connectivity index (χ0v) is 15.2. The molecule has 1 N–H and O–H groups in total. The molecule has 1 aromatic carbocycles. The smallest absolute Gasteiger partial charge is 0.258 e. The lowest BCUT2D eigenvalue weighted by Crippen LogP contribution is -2.76. The van der Waals surface area contributed by atoms with Crippen molar-refractivity contribution in [1.82, 2.24) is 4.90 Å². The molecule has 2 rings (SSSR count). The Labute approximate surface area is 143 Å². The molecule has 1 heterocycles. The minimum atomic E-state index is -1.01. The number of nitrogens with one attached hydrogen (secondary N) is 1. The van der Waals surface area contributed by atoms with Gasteiger partial charge in [0.05, 0.1) is 24.3 Å². The summed E-state index contributed by atoms with van der Waals surface area (Å²) in [5.74, 6) is -0.269. The molecule has 1 unspecified atom stereocenters. The number of nitrogens with zero attached hydrogens (tertiary/aromatic N) is 2. The van der Waals surface area contributed by atoms with Crippen LogP contribution in [0.1, 0.15) is 33.3 Å². The topological polar surface area (TPSA) is 55.4 Å². The summed E-state index contributed by atoms with van der Waals surface area (Å²) in [4.78, 5) is 14.1. The number of halogens is 1. The van der Waals surface area contributed by atoms with Gasteiger partial charge in [0.1, 0.15) is 11.9 Å². The van der Waals surface area contributed by atoms with E-state index in [0.29, 0.717) is 31.9 Å². The van der Waals surface area contributed by atoms with Gasteiger partial charge in [-0.05, 0) is 45.4 Å². The van der Waals surface area contributed by atoms with Crippen LogP contribution in [0.25, 0.3) is 0 Å². The Bertz CT molecular complexity index is 615. The van der Waals surface area contributed by atoms with Crippen LogP contribution in [-0.4, -0.2) is 53.7 Å². The van der Waals surface area contributed by atoms with E-state index in [-0.39, 0.29) is 16.3 Å². The molecule has 24 heavy (non-hydrogen) atoms. The fraction of sp³-hybridized carbons (Fsp3) is 0.611.